The Kier molecular flexibility index (Phi) is 7.68. The van der Waals surface area contributed by atoms with Crippen LogP contribution in [0.2, 0.25) is 0 Å². The van der Waals surface area contributed by atoms with Crippen LogP contribution in [0.5, 0.6) is 5.75 Å². The zero-order valence-electron chi connectivity index (χ0n) is 17.2. The van der Waals surface area contributed by atoms with E-state index in [-0.39, 0.29) is 29.7 Å². The summed E-state index contributed by atoms with van der Waals surface area (Å²) in [5.74, 6) is 0.330. The van der Waals surface area contributed by atoms with E-state index in [0.29, 0.717) is 30.2 Å². The molecule has 1 aromatic rings. The number of carbonyl (C=O) groups is 1. The van der Waals surface area contributed by atoms with Gasteiger partial charge in [0.15, 0.2) is 0 Å². The van der Waals surface area contributed by atoms with E-state index in [9.17, 15) is 13.2 Å². The molecule has 1 aliphatic rings. The molecule has 0 aliphatic carbocycles. The van der Waals surface area contributed by atoms with Crippen LogP contribution in [0.25, 0.3) is 0 Å². The van der Waals surface area contributed by atoms with Gasteiger partial charge in [-0.05, 0) is 31.9 Å². The second kappa shape index (κ2) is 9.58. The third-order valence-corrected chi connectivity index (χ3v) is 6.19. The molecule has 3 atom stereocenters. The Morgan fingerprint density at radius 2 is 2.07 bits per heavy atom. The van der Waals surface area contributed by atoms with E-state index in [4.69, 9.17) is 9.47 Å². The third-order valence-electron chi connectivity index (χ3n) is 4.88. The first-order valence-electron chi connectivity index (χ1n) is 9.45. The number of carbonyl (C=O) groups excluding carboxylic acids is 1. The van der Waals surface area contributed by atoms with E-state index in [2.05, 4.69) is 17.0 Å². The van der Waals surface area contributed by atoms with E-state index < -0.39 is 10.0 Å². The van der Waals surface area contributed by atoms with Crippen LogP contribution in [-0.2, 0) is 14.8 Å². The summed E-state index contributed by atoms with van der Waals surface area (Å²) < 4.78 is 37.7. The summed E-state index contributed by atoms with van der Waals surface area (Å²) in [5.41, 5.74) is 0.754. The molecule has 1 amide bonds. The Hall–Kier alpha value is -1.84. The number of benzene rings is 1. The fraction of sp³-hybridized carbons (Fsp3) is 0.632. The monoisotopic (exact) mass is 413 g/mol. The van der Waals surface area contributed by atoms with Crippen molar-refractivity contribution in [2.45, 2.75) is 32.9 Å². The molecule has 0 saturated heterocycles. The zero-order chi connectivity index (χ0) is 20.9. The molecule has 2 rings (SSSR count). The smallest absolute Gasteiger partial charge is 0.257 e. The lowest BCUT2D eigenvalue weighted by atomic mass is 10.0. The Bertz CT molecular complexity index is 784. The van der Waals surface area contributed by atoms with Crippen molar-refractivity contribution in [1.29, 1.82) is 0 Å². The van der Waals surface area contributed by atoms with Crippen molar-refractivity contribution in [2.24, 2.45) is 5.92 Å². The van der Waals surface area contributed by atoms with Crippen LogP contribution in [0.3, 0.4) is 0 Å². The van der Waals surface area contributed by atoms with Crippen LogP contribution in [0.1, 0.15) is 31.1 Å². The van der Waals surface area contributed by atoms with Crippen LogP contribution in [0.4, 0.5) is 5.69 Å². The van der Waals surface area contributed by atoms with E-state index in [1.807, 2.05) is 6.92 Å². The maximum absolute atomic E-state index is 13.0. The topological polar surface area (TPSA) is 97.0 Å². The maximum atomic E-state index is 13.0. The van der Waals surface area contributed by atoms with E-state index in [1.165, 1.54) is 0 Å². The van der Waals surface area contributed by atoms with Gasteiger partial charge in [0.2, 0.25) is 10.0 Å². The van der Waals surface area contributed by atoms with Gasteiger partial charge in [0.05, 0.1) is 23.1 Å². The average Bonchev–Trinajstić information content (AvgIpc) is 2.67. The summed E-state index contributed by atoms with van der Waals surface area (Å²) in [4.78, 5) is 14.6. The summed E-state index contributed by atoms with van der Waals surface area (Å²) >= 11 is 0. The number of nitrogens with zero attached hydrogens (tertiary/aromatic N) is 1. The van der Waals surface area contributed by atoms with Crippen molar-refractivity contribution in [3.8, 4) is 5.75 Å². The lowest BCUT2D eigenvalue weighted by molar-refractivity contribution is 0.0281. The zero-order valence-corrected chi connectivity index (χ0v) is 18.0. The highest BCUT2D eigenvalue weighted by molar-refractivity contribution is 7.92. The van der Waals surface area contributed by atoms with Crippen LogP contribution < -0.4 is 14.8 Å². The van der Waals surface area contributed by atoms with Crippen LogP contribution in [0, 0.1) is 5.92 Å². The molecule has 8 nitrogen and oxygen atoms in total. The lowest BCUT2D eigenvalue weighted by Gasteiger charge is -2.30. The lowest BCUT2D eigenvalue weighted by Crippen LogP contribution is -2.44. The quantitative estimate of drug-likeness (QED) is 0.777. The fourth-order valence-electron chi connectivity index (χ4n) is 2.97. The fourth-order valence-corrected chi connectivity index (χ4v) is 3.60. The highest BCUT2D eigenvalue weighted by Crippen LogP contribution is 2.26. The number of sulfonamides is 1. The Balaban J connectivity index is 2.37. The van der Waals surface area contributed by atoms with Gasteiger partial charge in [-0.2, -0.15) is 0 Å². The predicted molar refractivity (Wildman–Crippen MR) is 109 cm³/mol. The molecule has 0 bridgehead atoms. The average molecular weight is 414 g/mol. The number of fused-ring (bicyclic) bond motifs is 1. The maximum Gasteiger partial charge on any atom is 0.257 e. The molecule has 2 N–H and O–H groups in total. The number of amides is 1. The number of hydrogen-bond acceptors (Lipinski definition) is 6. The van der Waals surface area contributed by atoms with Crippen molar-refractivity contribution in [3.63, 3.8) is 0 Å². The van der Waals surface area contributed by atoms with Gasteiger partial charge in [-0.15, -0.1) is 0 Å². The van der Waals surface area contributed by atoms with Crippen molar-refractivity contribution < 1.29 is 22.7 Å². The summed E-state index contributed by atoms with van der Waals surface area (Å²) in [6.07, 6.45) is -0.104. The molecular formula is C19H31N3O5S. The molecule has 0 spiro atoms. The Morgan fingerprint density at radius 1 is 1.36 bits per heavy atom. The summed E-state index contributed by atoms with van der Waals surface area (Å²) in [5, 5.41) is 3.41. The van der Waals surface area contributed by atoms with E-state index in [0.717, 1.165) is 6.54 Å². The number of rotatable bonds is 4. The molecule has 0 radical (unpaired) electrons. The van der Waals surface area contributed by atoms with Crippen LogP contribution in [-0.4, -0.2) is 71.0 Å². The molecular weight excluding hydrogens is 382 g/mol. The number of nitrogens with one attached hydrogen (secondary N) is 2. The first-order valence-corrected chi connectivity index (χ1v) is 11.1. The third kappa shape index (κ3) is 5.83. The molecule has 28 heavy (non-hydrogen) atoms. The highest BCUT2D eigenvalue weighted by Gasteiger charge is 2.25. The van der Waals surface area contributed by atoms with Gasteiger partial charge in [-0.25, -0.2) is 8.42 Å². The molecule has 0 aromatic heterocycles. The van der Waals surface area contributed by atoms with Crippen molar-refractivity contribution in [3.05, 3.63) is 23.8 Å². The number of hydrogen-bond donors (Lipinski definition) is 2. The van der Waals surface area contributed by atoms with Crippen LogP contribution >= 0.6 is 0 Å². The Labute approximate surface area is 167 Å². The second-order valence-corrected chi connectivity index (χ2v) is 9.28. The molecule has 0 saturated carbocycles. The normalized spacial score (nSPS) is 24.5. The SMILES string of the molecule is CCS(=O)(=O)Nc1ccc2c(c1)OC[C@@H](C)NC[C@@H](C)[C@H](OC)CN(C)C2=O. The van der Waals surface area contributed by atoms with Gasteiger partial charge < -0.3 is 19.7 Å². The highest BCUT2D eigenvalue weighted by atomic mass is 32.2. The molecule has 158 valence electrons. The van der Waals surface area contributed by atoms with Crippen LogP contribution in [0.15, 0.2) is 18.2 Å². The molecule has 1 aliphatic heterocycles. The largest absolute Gasteiger partial charge is 0.491 e. The molecule has 1 heterocycles. The molecule has 0 fully saturated rings. The predicted octanol–water partition coefficient (Wildman–Crippen LogP) is 1.54. The molecule has 9 heteroatoms. The summed E-state index contributed by atoms with van der Waals surface area (Å²) in [6.45, 7) is 7.16. The minimum Gasteiger partial charge on any atom is -0.491 e. The van der Waals surface area contributed by atoms with Gasteiger partial charge in [0.1, 0.15) is 12.4 Å². The van der Waals surface area contributed by atoms with E-state index >= 15 is 0 Å². The van der Waals surface area contributed by atoms with Gasteiger partial charge in [-0.3, -0.25) is 9.52 Å². The van der Waals surface area contributed by atoms with Crippen molar-refractivity contribution in [1.82, 2.24) is 10.2 Å². The Morgan fingerprint density at radius 3 is 2.71 bits per heavy atom. The number of ether oxygens (including phenoxy) is 2. The number of likely N-dealkylation sites (N-methyl/N-ethyl adjacent to an activating group) is 1. The first-order chi connectivity index (χ1) is 13.2. The van der Waals surface area contributed by atoms with Crippen molar-refractivity contribution in [2.75, 3.05) is 44.3 Å². The number of anilines is 1. The minimum absolute atomic E-state index is 0.0375. The van der Waals surface area contributed by atoms with Gasteiger partial charge in [-0.1, -0.05) is 6.92 Å². The standard InChI is InChI=1S/C19H31N3O5S/c1-6-28(24,25)21-15-7-8-16-17(9-15)27-12-14(3)20-10-13(2)18(26-5)11-22(4)19(16)23/h7-9,13-14,18,20-21H,6,10-12H2,1-5H3/t13-,14-,18-/m1/s1. The second-order valence-electron chi connectivity index (χ2n) is 7.27. The van der Waals surface area contributed by atoms with Crippen molar-refractivity contribution >= 4 is 21.6 Å². The van der Waals surface area contributed by atoms with Gasteiger partial charge in [0, 0.05) is 39.4 Å². The van der Waals surface area contributed by atoms with E-state index in [1.54, 1.807) is 44.2 Å². The summed E-state index contributed by atoms with van der Waals surface area (Å²) in [6, 6.07) is 4.78. The minimum atomic E-state index is -3.42. The number of methoxy groups -OCH3 is 1. The first kappa shape index (κ1) is 22.4. The molecule has 1 aromatic carbocycles. The molecule has 0 unspecified atom stereocenters. The van der Waals surface area contributed by atoms with Gasteiger partial charge >= 0.3 is 0 Å². The summed E-state index contributed by atoms with van der Waals surface area (Å²) in [7, 11) is -0.0474. The van der Waals surface area contributed by atoms with Gasteiger partial charge in [0.25, 0.3) is 5.91 Å².